The standard InChI is InChI=1S/C9H10/c1-2-7-8-4-3-6-5-9(6,7)8/h4,7-8H,2,5H2,1H3. The molecule has 0 amide bonds. The van der Waals surface area contributed by atoms with Gasteiger partial charge in [0.05, 0.1) is 0 Å². The van der Waals surface area contributed by atoms with Crippen LogP contribution >= 0.6 is 0 Å². The van der Waals surface area contributed by atoms with Crippen LogP contribution in [0.3, 0.4) is 0 Å². The summed E-state index contributed by atoms with van der Waals surface area (Å²) in [5.41, 5.74) is 5.72. The molecule has 0 aromatic heterocycles. The predicted molar refractivity (Wildman–Crippen MR) is 35.9 cm³/mol. The van der Waals surface area contributed by atoms with Gasteiger partial charge in [-0.25, -0.2) is 0 Å². The molecule has 0 heterocycles. The van der Waals surface area contributed by atoms with Gasteiger partial charge in [0, 0.05) is 5.41 Å². The molecule has 0 aliphatic heterocycles. The minimum Gasteiger partial charge on any atom is -0.125 e. The summed E-state index contributed by atoms with van der Waals surface area (Å²) in [6.45, 7) is 2.31. The summed E-state index contributed by atoms with van der Waals surface area (Å²) < 4.78 is 0. The molecule has 3 aliphatic rings. The van der Waals surface area contributed by atoms with Crippen LogP contribution in [0.15, 0.2) is 17.4 Å². The summed E-state index contributed by atoms with van der Waals surface area (Å²) >= 11 is 0. The molecule has 1 spiro atoms. The van der Waals surface area contributed by atoms with E-state index < -0.39 is 0 Å². The number of rotatable bonds is 1. The molecule has 0 saturated heterocycles. The summed E-state index contributed by atoms with van der Waals surface area (Å²) in [7, 11) is 0. The second-order valence-corrected chi connectivity index (χ2v) is 3.55. The first-order chi connectivity index (χ1) is 4.39. The highest BCUT2D eigenvalue weighted by Crippen LogP contribution is 2.81. The third-order valence-electron chi connectivity index (χ3n) is 3.36. The van der Waals surface area contributed by atoms with Crippen molar-refractivity contribution in [3.8, 4) is 0 Å². The highest BCUT2D eigenvalue weighted by molar-refractivity contribution is 5.51. The van der Waals surface area contributed by atoms with E-state index in [1.807, 2.05) is 0 Å². The molecule has 3 rings (SSSR count). The lowest BCUT2D eigenvalue weighted by Crippen LogP contribution is -1.75. The summed E-state index contributed by atoms with van der Waals surface area (Å²) in [5, 5.41) is 0. The van der Waals surface area contributed by atoms with E-state index in [9.17, 15) is 0 Å². The molecular weight excluding hydrogens is 108 g/mol. The lowest BCUT2D eigenvalue weighted by atomic mass is 10.2. The Hall–Kier alpha value is -0.480. The van der Waals surface area contributed by atoms with Crippen LogP contribution in [-0.4, -0.2) is 0 Å². The summed E-state index contributed by atoms with van der Waals surface area (Å²) in [6, 6.07) is 0. The predicted octanol–water partition coefficient (Wildman–Crippen LogP) is 2.13. The first-order valence-electron chi connectivity index (χ1n) is 3.86. The van der Waals surface area contributed by atoms with E-state index in [0.717, 1.165) is 17.3 Å². The van der Waals surface area contributed by atoms with Gasteiger partial charge in [0.2, 0.25) is 0 Å². The van der Waals surface area contributed by atoms with Crippen molar-refractivity contribution in [1.82, 2.24) is 0 Å². The van der Waals surface area contributed by atoms with E-state index in [1.165, 1.54) is 12.8 Å². The van der Waals surface area contributed by atoms with Gasteiger partial charge in [-0.3, -0.25) is 0 Å². The number of allylic oxidation sites excluding steroid dienone is 1. The van der Waals surface area contributed by atoms with Gasteiger partial charge >= 0.3 is 0 Å². The van der Waals surface area contributed by atoms with Crippen LogP contribution in [0.5, 0.6) is 0 Å². The van der Waals surface area contributed by atoms with Gasteiger partial charge < -0.3 is 0 Å². The van der Waals surface area contributed by atoms with E-state index in [-0.39, 0.29) is 0 Å². The van der Waals surface area contributed by atoms with E-state index >= 15 is 0 Å². The first-order valence-corrected chi connectivity index (χ1v) is 3.86. The Balaban J connectivity index is 2.05. The van der Waals surface area contributed by atoms with Crippen LogP contribution in [0, 0.1) is 17.3 Å². The number of hydrogen-bond donors (Lipinski definition) is 0. The van der Waals surface area contributed by atoms with Gasteiger partial charge in [0.15, 0.2) is 0 Å². The molecule has 0 aromatic carbocycles. The van der Waals surface area contributed by atoms with Crippen LogP contribution in [-0.2, 0) is 0 Å². The molecule has 0 nitrogen and oxygen atoms in total. The molecule has 0 aromatic rings. The molecule has 0 heteroatoms. The zero-order chi connectivity index (χ0) is 6.06. The largest absolute Gasteiger partial charge is 0.125 e. The van der Waals surface area contributed by atoms with Crippen LogP contribution in [0.25, 0.3) is 0 Å². The summed E-state index contributed by atoms with van der Waals surface area (Å²) in [5.74, 6) is 1.98. The SMILES string of the molecule is CCC1C2C=C=C3CC321. The maximum absolute atomic E-state index is 3.34. The second-order valence-electron chi connectivity index (χ2n) is 3.55. The second kappa shape index (κ2) is 0.932. The summed E-state index contributed by atoms with van der Waals surface area (Å²) in [6.07, 6.45) is 5.08. The molecule has 0 bridgehead atoms. The van der Waals surface area contributed by atoms with Crippen LogP contribution in [0.2, 0.25) is 0 Å². The minimum absolute atomic E-state index is 0.745. The zero-order valence-corrected chi connectivity index (χ0v) is 5.65. The number of hydrogen-bond acceptors (Lipinski definition) is 0. The quantitative estimate of drug-likeness (QED) is 0.463. The lowest BCUT2D eigenvalue weighted by Gasteiger charge is -1.84. The molecule has 2 fully saturated rings. The molecule has 3 atom stereocenters. The summed E-state index contributed by atoms with van der Waals surface area (Å²) in [4.78, 5) is 0. The van der Waals surface area contributed by atoms with Gasteiger partial charge in [-0.1, -0.05) is 13.3 Å². The third-order valence-corrected chi connectivity index (χ3v) is 3.36. The Morgan fingerprint density at radius 3 is 3.11 bits per heavy atom. The topological polar surface area (TPSA) is 0 Å². The van der Waals surface area contributed by atoms with Gasteiger partial charge in [-0.15, -0.1) is 5.73 Å². The lowest BCUT2D eigenvalue weighted by molar-refractivity contribution is 0.697. The average Bonchev–Trinajstić information content (AvgIpc) is 2.71. The Morgan fingerprint density at radius 1 is 1.89 bits per heavy atom. The van der Waals surface area contributed by atoms with E-state index in [1.54, 1.807) is 5.57 Å². The van der Waals surface area contributed by atoms with Crippen molar-refractivity contribution in [3.05, 3.63) is 17.4 Å². The van der Waals surface area contributed by atoms with E-state index in [0.29, 0.717) is 0 Å². The average molecular weight is 118 g/mol. The zero-order valence-electron chi connectivity index (χ0n) is 5.65. The Labute approximate surface area is 55.3 Å². The molecular formula is C9H10. The molecule has 3 unspecified atom stereocenters. The van der Waals surface area contributed by atoms with Crippen LogP contribution in [0.1, 0.15) is 19.8 Å². The molecule has 9 heavy (non-hydrogen) atoms. The molecule has 0 N–H and O–H groups in total. The highest BCUT2D eigenvalue weighted by atomic mass is 14.8. The van der Waals surface area contributed by atoms with Crippen LogP contribution < -0.4 is 0 Å². The fraction of sp³-hybridized carbons (Fsp3) is 0.667. The molecule has 46 valence electrons. The maximum Gasteiger partial charge on any atom is 0.0137 e. The third kappa shape index (κ3) is 0.263. The molecule has 0 radical (unpaired) electrons. The minimum atomic E-state index is 0.745. The van der Waals surface area contributed by atoms with Crippen LogP contribution in [0.4, 0.5) is 0 Å². The van der Waals surface area contributed by atoms with Gasteiger partial charge in [-0.05, 0) is 29.9 Å². The maximum atomic E-state index is 3.34. The fourth-order valence-electron chi connectivity index (χ4n) is 2.73. The smallest absolute Gasteiger partial charge is 0.0137 e. The van der Waals surface area contributed by atoms with Gasteiger partial charge in [0.25, 0.3) is 0 Å². The fourth-order valence-corrected chi connectivity index (χ4v) is 2.73. The van der Waals surface area contributed by atoms with Crippen molar-refractivity contribution in [1.29, 1.82) is 0 Å². The Bertz CT molecular complexity index is 243. The van der Waals surface area contributed by atoms with Crippen molar-refractivity contribution in [2.45, 2.75) is 19.8 Å². The van der Waals surface area contributed by atoms with E-state index in [2.05, 4.69) is 18.7 Å². The van der Waals surface area contributed by atoms with E-state index in [4.69, 9.17) is 0 Å². The van der Waals surface area contributed by atoms with Crippen molar-refractivity contribution >= 4 is 0 Å². The van der Waals surface area contributed by atoms with Gasteiger partial charge in [0.1, 0.15) is 0 Å². The first kappa shape index (κ1) is 4.35. The monoisotopic (exact) mass is 118 g/mol. The van der Waals surface area contributed by atoms with Gasteiger partial charge in [-0.2, -0.15) is 0 Å². The Morgan fingerprint density at radius 2 is 2.78 bits per heavy atom. The normalized spacial score (nSPS) is 56.3. The van der Waals surface area contributed by atoms with Crippen molar-refractivity contribution in [2.24, 2.45) is 17.3 Å². The molecule has 3 aliphatic carbocycles. The highest BCUT2D eigenvalue weighted by Gasteiger charge is 2.75. The van der Waals surface area contributed by atoms with Crippen molar-refractivity contribution in [2.75, 3.05) is 0 Å². The van der Waals surface area contributed by atoms with Crippen molar-refractivity contribution < 1.29 is 0 Å². The molecule has 2 saturated carbocycles. The van der Waals surface area contributed by atoms with Crippen molar-refractivity contribution in [3.63, 3.8) is 0 Å². The Kier molecular flexibility index (Phi) is 0.451.